The molecule has 1 aromatic heterocycles. The third-order valence-electron chi connectivity index (χ3n) is 5.65. The molecule has 0 spiro atoms. The molecule has 10 heteroatoms. The number of rotatable bonds is 12. The highest BCUT2D eigenvalue weighted by Crippen LogP contribution is 2.41. The van der Waals surface area contributed by atoms with Gasteiger partial charge in [0.1, 0.15) is 28.1 Å². The number of aliphatic carboxylic acids is 1. The van der Waals surface area contributed by atoms with E-state index in [0.29, 0.717) is 5.56 Å². The third kappa shape index (κ3) is 6.08. The summed E-state index contributed by atoms with van der Waals surface area (Å²) in [4.78, 5) is 35.7. The number of aromatic hydroxyl groups is 1. The molecule has 202 valence electrons. The van der Waals surface area contributed by atoms with E-state index in [9.17, 15) is 19.5 Å². The zero-order valence-corrected chi connectivity index (χ0v) is 21.9. The number of carbonyl (C=O) groups is 2. The van der Waals surface area contributed by atoms with E-state index in [-0.39, 0.29) is 69.8 Å². The maximum Gasteiger partial charge on any atom is 0.341 e. The van der Waals surface area contributed by atoms with Gasteiger partial charge in [-0.25, -0.2) is 4.79 Å². The Labute approximate surface area is 218 Å². The van der Waals surface area contributed by atoms with Gasteiger partial charge < -0.3 is 33.6 Å². The Bertz CT molecular complexity index is 1490. The van der Waals surface area contributed by atoms with Crippen LogP contribution in [0.25, 0.3) is 21.9 Å². The first-order chi connectivity index (χ1) is 18.1. The van der Waals surface area contributed by atoms with Crippen molar-refractivity contribution in [1.29, 1.82) is 0 Å². The molecule has 10 nitrogen and oxygen atoms in total. The highest BCUT2D eigenvalue weighted by atomic mass is 16.7. The van der Waals surface area contributed by atoms with Crippen LogP contribution in [0.4, 0.5) is 0 Å². The van der Waals surface area contributed by atoms with Gasteiger partial charge in [-0.15, -0.1) is 0 Å². The highest BCUT2D eigenvalue weighted by Gasteiger charge is 2.24. The highest BCUT2D eigenvalue weighted by molar-refractivity contribution is 5.98. The van der Waals surface area contributed by atoms with Crippen LogP contribution in [0.15, 0.2) is 44.6 Å². The molecule has 3 rings (SSSR count). The van der Waals surface area contributed by atoms with Crippen molar-refractivity contribution in [3.05, 3.63) is 56.8 Å². The zero-order valence-electron chi connectivity index (χ0n) is 21.9. The van der Waals surface area contributed by atoms with Crippen LogP contribution in [0, 0.1) is 0 Å². The van der Waals surface area contributed by atoms with Gasteiger partial charge in [-0.2, -0.15) is 0 Å². The van der Waals surface area contributed by atoms with Crippen molar-refractivity contribution in [3.63, 3.8) is 0 Å². The van der Waals surface area contributed by atoms with Crippen molar-refractivity contribution in [2.45, 2.75) is 40.5 Å². The summed E-state index contributed by atoms with van der Waals surface area (Å²) in [6.07, 6.45) is 4.21. The molecule has 0 atom stereocenters. The van der Waals surface area contributed by atoms with Crippen LogP contribution in [-0.4, -0.2) is 43.2 Å². The average Bonchev–Trinajstić information content (AvgIpc) is 2.84. The van der Waals surface area contributed by atoms with Gasteiger partial charge >= 0.3 is 5.97 Å². The van der Waals surface area contributed by atoms with Crippen LogP contribution in [0.1, 0.15) is 38.8 Å². The number of carboxylic acids is 1. The summed E-state index contributed by atoms with van der Waals surface area (Å²) in [6.45, 7) is 6.75. The minimum atomic E-state index is -1.20. The number of ether oxygens (including phenoxy) is 4. The van der Waals surface area contributed by atoms with Crippen LogP contribution >= 0.6 is 0 Å². The first kappa shape index (κ1) is 28.1. The second-order valence-electron chi connectivity index (χ2n) is 8.94. The molecule has 0 unspecified atom stereocenters. The number of hydrogen-bond donors (Lipinski definition) is 2. The van der Waals surface area contributed by atoms with Gasteiger partial charge in [0, 0.05) is 23.3 Å². The van der Waals surface area contributed by atoms with Gasteiger partial charge in [0.15, 0.2) is 18.1 Å². The van der Waals surface area contributed by atoms with E-state index < -0.39 is 24.8 Å². The molecule has 38 heavy (non-hydrogen) atoms. The number of methoxy groups -OCH3 is 1. The number of carbonyl (C=O) groups excluding carboxylic acids is 1. The molecule has 2 aromatic carbocycles. The van der Waals surface area contributed by atoms with Crippen molar-refractivity contribution < 1.29 is 43.2 Å². The Morgan fingerprint density at radius 2 is 1.55 bits per heavy atom. The molecule has 0 amide bonds. The van der Waals surface area contributed by atoms with E-state index in [1.807, 2.05) is 39.8 Å². The SMILES string of the molecule is COc1c(OCOC=O)cc2oc3cc(OCC(=O)O)c(CC=C(C)C)c(O)c3c(=O)c2c1CC=C(C)C. The fourth-order valence-corrected chi connectivity index (χ4v) is 3.93. The molecule has 0 fully saturated rings. The van der Waals surface area contributed by atoms with Gasteiger partial charge in [-0.3, -0.25) is 9.59 Å². The van der Waals surface area contributed by atoms with Crippen LogP contribution in [0.5, 0.6) is 23.0 Å². The number of allylic oxidation sites excluding steroid dienone is 4. The predicted molar refractivity (Wildman–Crippen MR) is 140 cm³/mol. The molecule has 0 saturated carbocycles. The monoisotopic (exact) mass is 526 g/mol. The Kier molecular flexibility index (Phi) is 9.01. The number of phenols is 1. The third-order valence-corrected chi connectivity index (χ3v) is 5.65. The van der Waals surface area contributed by atoms with Crippen LogP contribution < -0.4 is 19.6 Å². The molecule has 0 saturated heterocycles. The fraction of sp³-hybridized carbons (Fsp3) is 0.321. The van der Waals surface area contributed by atoms with Gasteiger partial charge in [0.2, 0.25) is 12.2 Å². The van der Waals surface area contributed by atoms with Crippen molar-refractivity contribution >= 4 is 34.4 Å². The number of fused-ring (bicyclic) bond motifs is 2. The minimum absolute atomic E-state index is 0.00485. The Morgan fingerprint density at radius 3 is 2.13 bits per heavy atom. The summed E-state index contributed by atoms with van der Waals surface area (Å²) in [5, 5.41) is 20.5. The number of hydrogen-bond acceptors (Lipinski definition) is 9. The molecule has 0 bridgehead atoms. The van der Waals surface area contributed by atoms with E-state index in [2.05, 4.69) is 4.74 Å². The summed E-state index contributed by atoms with van der Waals surface area (Å²) >= 11 is 0. The van der Waals surface area contributed by atoms with Crippen molar-refractivity contribution in [1.82, 2.24) is 0 Å². The summed E-state index contributed by atoms with van der Waals surface area (Å²) < 4.78 is 27.3. The summed E-state index contributed by atoms with van der Waals surface area (Å²) in [5.74, 6) is -1.06. The summed E-state index contributed by atoms with van der Waals surface area (Å²) in [5.41, 5.74) is 2.28. The molecule has 3 aromatic rings. The Hall–Kier alpha value is -4.47. The standard InChI is InChI=1S/C28H30O10/c1-15(2)6-8-17-19(36-12-23(30)31)10-21-25(26(17)32)27(33)24-18(9-7-16(3)4)28(34-5)22(11-20(24)38-21)37-14-35-13-29/h6-7,10-11,13,32H,8-9,12,14H2,1-5H3,(H,30,31). The maximum atomic E-state index is 13.9. The van der Waals surface area contributed by atoms with E-state index >= 15 is 0 Å². The number of phenolic OH excluding ortho intramolecular Hbond substituents is 1. The smallest absolute Gasteiger partial charge is 0.341 e. The van der Waals surface area contributed by atoms with E-state index in [0.717, 1.165) is 11.1 Å². The summed E-state index contributed by atoms with van der Waals surface area (Å²) in [6, 6.07) is 2.82. The maximum absolute atomic E-state index is 13.9. The lowest BCUT2D eigenvalue weighted by atomic mass is 9.98. The first-order valence-electron chi connectivity index (χ1n) is 11.7. The lowest BCUT2D eigenvalue weighted by molar-refractivity contribution is -0.139. The van der Waals surface area contributed by atoms with Gasteiger partial charge in [-0.1, -0.05) is 23.3 Å². The van der Waals surface area contributed by atoms with E-state index in [4.69, 9.17) is 23.7 Å². The quantitative estimate of drug-likeness (QED) is 0.113. The predicted octanol–water partition coefficient (Wildman–Crippen LogP) is 4.65. The number of carboxylic acid groups (broad SMARTS) is 1. The number of benzene rings is 2. The van der Waals surface area contributed by atoms with Crippen LogP contribution in [-0.2, 0) is 27.2 Å². The van der Waals surface area contributed by atoms with Crippen molar-refractivity contribution in [2.75, 3.05) is 20.5 Å². The Morgan fingerprint density at radius 1 is 0.947 bits per heavy atom. The molecule has 2 N–H and O–H groups in total. The molecular weight excluding hydrogens is 496 g/mol. The van der Waals surface area contributed by atoms with E-state index in [1.54, 1.807) is 0 Å². The molecule has 0 radical (unpaired) electrons. The van der Waals surface area contributed by atoms with Crippen LogP contribution in [0.2, 0.25) is 0 Å². The molecular formula is C28H30O10. The molecule has 1 heterocycles. The lowest BCUT2D eigenvalue weighted by Crippen LogP contribution is -2.12. The second-order valence-corrected chi connectivity index (χ2v) is 8.94. The molecule has 0 aliphatic heterocycles. The lowest BCUT2D eigenvalue weighted by Gasteiger charge is -2.17. The Balaban J connectivity index is 2.42. The van der Waals surface area contributed by atoms with Gasteiger partial charge in [0.25, 0.3) is 6.47 Å². The van der Waals surface area contributed by atoms with Crippen molar-refractivity contribution in [3.8, 4) is 23.0 Å². The molecule has 0 aliphatic carbocycles. The minimum Gasteiger partial charge on any atom is -0.507 e. The second kappa shape index (κ2) is 12.2. The average molecular weight is 527 g/mol. The van der Waals surface area contributed by atoms with Crippen LogP contribution in [0.3, 0.4) is 0 Å². The summed E-state index contributed by atoms with van der Waals surface area (Å²) in [7, 11) is 1.42. The fourth-order valence-electron chi connectivity index (χ4n) is 3.93. The van der Waals surface area contributed by atoms with Crippen molar-refractivity contribution in [2.24, 2.45) is 0 Å². The largest absolute Gasteiger partial charge is 0.507 e. The van der Waals surface area contributed by atoms with Gasteiger partial charge in [0.05, 0.1) is 12.5 Å². The van der Waals surface area contributed by atoms with E-state index in [1.165, 1.54) is 19.2 Å². The topological polar surface area (TPSA) is 142 Å². The first-order valence-corrected chi connectivity index (χ1v) is 11.7. The van der Waals surface area contributed by atoms with Gasteiger partial charge in [-0.05, 0) is 40.5 Å². The zero-order chi connectivity index (χ0) is 28.0. The normalized spacial score (nSPS) is 10.7. The molecule has 0 aliphatic rings.